The smallest absolute Gasteiger partial charge is 0.123 e. The van der Waals surface area contributed by atoms with Crippen LogP contribution < -0.4 is 5.32 Å². The SMILES string of the molecule is CCCNC(c1ccc(F)cc1)C1SCCSC1CC. The summed E-state index contributed by atoms with van der Waals surface area (Å²) < 4.78 is 13.2. The normalized spacial score (nSPS) is 24.6. The molecule has 3 unspecified atom stereocenters. The summed E-state index contributed by atoms with van der Waals surface area (Å²) in [6, 6.07) is 7.37. The molecule has 4 heteroatoms. The van der Waals surface area contributed by atoms with Crippen molar-refractivity contribution in [2.75, 3.05) is 18.1 Å². The molecule has 1 aliphatic heterocycles. The number of thioether (sulfide) groups is 2. The van der Waals surface area contributed by atoms with E-state index in [4.69, 9.17) is 0 Å². The minimum absolute atomic E-state index is 0.152. The predicted molar refractivity (Wildman–Crippen MR) is 90.2 cm³/mol. The molecule has 0 aromatic heterocycles. The van der Waals surface area contributed by atoms with Crippen molar-refractivity contribution in [2.24, 2.45) is 0 Å². The minimum atomic E-state index is -0.152. The lowest BCUT2D eigenvalue weighted by Gasteiger charge is -2.36. The van der Waals surface area contributed by atoms with Crippen molar-refractivity contribution in [1.29, 1.82) is 0 Å². The number of halogens is 1. The van der Waals surface area contributed by atoms with Gasteiger partial charge in [0.1, 0.15) is 5.82 Å². The Hall–Kier alpha value is -0.190. The maximum absolute atomic E-state index is 13.2. The molecule has 0 radical (unpaired) electrons. The van der Waals surface area contributed by atoms with E-state index >= 15 is 0 Å². The standard InChI is InChI=1S/C16H24FNS2/c1-3-9-18-15(12-5-7-13(17)8-6-12)16-14(4-2)19-10-11-20-16/h5-8,14-16,18H,3-4,9-11H2,1-2H3. The number of rotatable bonds is 6. The molecule has 1 nitrogen and oxygen atoms in total. The van der Waals surface area contributed by atoms with Crippen molar-refractivity contribution >= 4 is 23.5 Å². The van der Waals surface area contributed by atoms with Crippen LogP contribution in [0.1, 0.15) is 38.3 Å². The molecule has 2 rings (SSSR count). The fourth-order valence-corrected chi connectivity index (χ4v) is 5.89. The highest BCUT2D eigenvalue weighted by Gasteiger charge is 2.32. The van der Waals surface area contributed by atoms with Gasteiger partial charge < -0.3 is 5.32 Å². The molecule has 1 fully saturated rings. The number of hydrogen-bond donors (Lipinski definition) is 1. The highest BCUT2D eigenvalue weighted by Crippen LogP contribution is 2.40. The first-order valence-corrected chi connectivity index (χ1v) is 9.58. The van der Waals surface area contributed by atoms with Gasteiger partial charge in [-0.15, -0.1) is 0 Å². The summed E-state index contributed by atoms with van der Waals surface area (Å²) in [5.41, 5.74) is 1.22. The summed E-state index contributed by atoms with van der Waals surface area (Å²) in [6.07, 6.45) is 2.33. The van der Waals surface area contributed by atoms with Crippen LogP contribution in [0.2, 0.25) is 0 Å². The fraction of sp³-hybridized carbons (Fsp3) is 0.625. The lowest BCUT2D eigenvalue weighted by molar-refractivity contribution is 0.497. The van der Waals surface area contributed by atoms with Crippen LogP contribution in [-0.4, -0.2) is 28.6 Å². The van der Waals surface area contributed by atoms with E-state index in [0.717, 1.165) is 13.0 Å². The monoisotopic (exact) mass is 313 g/mol. The van der Waals surface area contributed by atoms with Gasteiger partial charge in [-0.1, -0.05) is 26.0 Å². The second-order valence-electron chi connectivity index (χ2n) is 5.14. The topological polar surface area (TPSA) is 12.0 Å². The van der Waals surface area contributed by atoms with Gasteiger partial charge >= 0.3 is 0 Å². The third kappa shape index (κ3) is 4.15. The van der Waals surface area contributed by atoms with E-state index in [0.29, 0.717) is 16.5 Å². The highest BCUT2D eigenvalue weighted by molar-refractivity contribution is 8.07. The molecule has 1 heterocycles. The molecular formula is C16H24FNS2. The summed E-state index contributed by atoms with van der Waals surface area (Å²) in [4.78, 5) is 0. The zero-order valence-electron chi connectivity index (χ0n) is 12.3. The zero-order chi connectivity index (χ0) is 14.4. The van der Waals surface area contributed by atoms with Crippen LogP contribution in [0.4, 0.5) is 4.39 Å². The molecule has 1 N–H and O–H groups in total. The number of benzene rings is 1. The van der Waals surface area contributed by atoms with Gasteiger partial charge in [0.05, 0.1) is 0 Å². The summed E-state index contributed by atoms with van der Waals surface area (Å²) in [6.45, 7) is 5.48. The van der Waals surface area contributed by atoms with E-state index in [1.54, 1.807) is 12.1 Å². The molecule has 112 valence electrons. The zero-order valence-corrected chi connectivity index (χ0v) is 13.9. The van der Waals surface area contributed by atoms with E-state index in [-0.39, 0.29) is 5.82 Å². The summed E-state index contributed by atoms with van der Waals surface area (Å²) in [5.74, 6) is 2.32. The van der Waals surface area contributed by atoms with Gasteiger partial charge in [0, 0.05) is 28.0 Å². The minimum Gasteiger partial charge on any atom is -0.309 e. The van der Waals surface area contributed by atoms with Crippen LogP contribution in [0.25, 0.3) is 0 Å². The van der Waals surface area contributed by atoms with Crippen molar-refractivity contribution in [3.05, 3.63) is 35.6 Å². The van der Waals surface area contributed by atoms with Crippen molar-refractivity contribution in [1.82, 2.24) is 5.32 Å². The first kappa shape index (κ1) is 16.2. The van der Waals surface area contributed by atoms with E-state index in [2.05, 4.69) is 42.7 Å². The summed E-state index contributed by atoms with van der Waals surface area (Å²) in [7, 11) is 0. The van der Waals surface area contributed by atoms with E-state index in [1.165, 1.54) is 23.5 Å². The van der Waals surface area contributed by atoms with Crippen LogP contribution in [0.5, 0.6) is 0 Å². The quantitative estimate of drug-likeness (QED) is 0.831. The van der Waals surface area contributed by atoms with Gasteiger partial charge in [0.2, 0.25) is 0 Å². The Morgan fingerprint density at radius 1 is 1.20 bits per heavy atom. The first-order valence-electron chi connectivity index (χ1n) is 7.48. The van der Waals surface area contributed by atoms with Gasteiger partial charge in [-0.2, -0.15) is 23.5 Å². The summed E-state index contributed by atoms with van der Waals surface area (Å²) >= 11 is 4.17. The van der Waals surface area contributed by atoms with Gasteiger partial charge in [0.15, 0.2) is 0 Å². The van der Waals surface area contributed by atoms with Crippen LogP contribution in [0, 0.1) is 5.82 Å². The molecule has 1 saturated heterocycles. The van der Waals surface area contributed by atoms with Gasteiger partial charge in [0.25, 0.3) is 0 Å². The Morgan fingerprint density at radius 3 is 2.55 bits per heavy atom. The van der Waals surface area contributed by atoms with Gasteiger partial charge in [-0.05, 0) is 37.1 Å². The van der Waals surface area contributed by atoms with Crippen molar-refractivity contribution in [3.63, 3.8) is 0 Å². The maximum Gasteiger partial charge on any atom is 0.123 e. The van der Waals surface area contributed by atoms with E-state index < -0.39 is 0 Å². The average molecular weight is 314 g/mol. The number of nitrogens with one attached hydrogen (secondary N) is 1. The molecule has 1 aromatic rings. The van der Waals surface area contributed by atoms with Crippen molar-refractivity contribution in [3.8, 4) is 0 Å². The Kier molecular flexibility index (Phi) is 6.72. The molecule has 3 atom stereocenters. The van der Waals surface area contributed by atoms with E-state index in [1.807, 2.05) is 12.1 Å². The Morgan fingerprint density at radius 2 is 1.90 bits per heavy atom. The maximum atomic E-state index is 13.2. The van der Waals surface area contributed by atoms with Crippen LogP contribution >= 0.6 is 23.5 Å². The molecule has 1 aromatic carbocycles. The average Bonchev–Trinajstić information content (AvgIpc) is 2.50. The molecule has 0 saturated carbocycles. The third-order valence-corrected chi connectivity index (χ3v) is 7.02. The molecule has 20 heavy (non-hydrogen) atoms. The molecule has 0 amide bonds. The van der Waals surface area contributed by atoms with Crippen molar-refractivity contribution in [2.45, 2.75) is 43.2 Å². The second-order valence-corrected chi connectivity index (χ2v) is 7.77. The molecule has 0 spiro atoms. The Balaban J connectivity index is 2.18. The number of hydrogen-bond acceptors (Lipinski definition) is 3. The Bertz CT molecular complexity index is 396. The Labute approximate surface area is 130 Å². The largest absolute Gasteiger partial charge is 0.309 e. The molecule has 1 aliphatic rings. The summed E-state index contributed by atoms with van der Waals surface area (Å²) in [5, 5.41) is 4.95. The first-order chi connectivity index (χ1) is 9.76. The molecule has 0 bridgehead atoms. The lowest BCUT2D eigenvalue weighted by Crippen LogP contribution is -2.39. The molecular weight excluding hydrogens is 289 g/mol. The van der Waals surface area contributed by atoms with Gasteiger partial charge in [-0.25, -0.2) is 4.39 Å². The lowest BCUT2D eigenvalue weighted by atomic mass is 10.00. The predicted octanol–water partition coefficient (Wildman–Crippen LogP) is 4.49. The van der Waals surface area contributed by atoms with Crippen molar-refractivity contribution < 1.29 is 4.39 Å². The van der Waals surface area contributed by atoms with E-state index in [9.17, 15) is 4.39 Å². The van der Waals surface area contributed by atoms with Crippen LogP contribution in [-0.2, 0) is 0 Å². The van der Waals surface area contributed by atoms with Crippen LogP contribution in [0.15, 0.2) is 24.3 Å². The molecule has 0 aliphatic carbocycles. The fourth-order valence-electron chi connectivity index (χ4n) is 2.64. The van der Waals surface area contributed by atoms with Crippen LogP contribution in [0.3, 0.4) is 0 Å². The van der Waals surface area contributed by atoms with Gasteiger partial charge in [-0.3, -0.25) is 0 Å². The third-order valence-electron chi connectivity index (χ3n) is 3.67. The second kappa shape index (κ2) is 8.30. The highest BCUT2D eigenvalue weighted by atomic mass is 32.2.